The Bertz CT molecular complexity index is 1920. The highest BCUT2D eigenvalue weighted by Gasteiger charge is 2.30. The van der Waals surface area contributed by atoms with E-state index in [0.717, 1.165) is 12.1 Å². The molecule has 0 aliphatic rings. The fourth-order valence-corrected chi connectivity index (χ4v) is 5.33. The maximum absolute atomic E-state index is 13.8. The Kier molecular flexibility index (Phi) is 17.5. The van der Waals surface area contributed by atoms with E-state index in [0.29, 0.717) is 48.7 Å². The van der Waals surface area contributed by atoms with Crippen LogP contribution in [0.5, 0.6) is 23.0 Å². The molecule has 0 amide bonds. The summed E-state index contributed by atoms with van der Waals surface area (Å²) >= 11 is 0. The quantitative estimate of drug-likeness (QED) is 0.0338. The summed E-state index contributed by atoms with van der Waals surface area (Å²) in [5.74, 6) is -1.13. The lowest BCUT2D eigenvalue weighted by atomic mass is 9.97. The third-order valence-corrected chi connectivity index (χ3v) is 8.15. The van der Waals surface area contributed by atoms with Gasteiger partial charge in [0.1, 0.15) is 23.0 Å². The minimum Gasteiger partial charge on any atom is -0.493 e. The lowest BCUT2D eigenvalue weighted by Gasteiger charge is -2.16. The summed E-state index contributed by atoms with van der Waals surface area (Å²) in [5.41, 5.74) is -1.31. The highest BCUT2D eigenvalue weighted by Crippen LogP contribution is 2.24. The molecular weight excluding hydrogens is 744 g/mol. The van der Waals surface area contributed by atoms with E-state index in [9.17, 15) is 19.2 Å². The highest BCUT2D eigenvalue weighted by molar-refractivity contribution is 6.12. The van der Waals surface area contributed by atoms with Crippen LogP contribution >= 0.6 is 0 Å². The fourth-order valence-electron chi connectivity index (χ4n) is 5.33. The smallest absolute Gasteiger partial charge is 0.339 e. The van der Waals surface area contributed by atoms with Crippen molar-refractivity contribution in [2.45, 2.75) is 25.7 Å². The van der Waals surface area contributed by atoms with Crippen LogP contribution in [0.2, 0.25) is 0 Å². The third-order valence-electron chi connectivity index (χ3n) is 8.15. The Morgan fingerprint density at radius 3 is 0.914 bits per heavy atom. The monoisotopic (exact) mass is 790 g/mol. The maximum Gasteiger partial charge on any atom is 0.339 e. The summed E-state index contributed by atoms with van der Waals surface area (Å²) in [6, 6.07) is 38.9. The average Bonchev–Trinajstić information content (AvgIpc) is 3.26. The zero-order valence-electron chi connectivity index (χ0n) is 32.1. The summed E-state index contributed by atoms with van der Waals surface area (Å²) in [4.78, 5) is 54.6. The van der Waals surface area contributed by atoms with Gasteiger partial charge in [0.2, 0.25) is 0 Å². The molecule has 12 nitrogen and oxygen atoms in total. The van der Waals surface area contributed by atoms with E-state index in [4.69, 9.17) is 37.9 Å². The molecule has 5 aromatic rings. The van der Waals surface area contributed by atoms with Gasteiger partial charge in [-0.05, 0) is 60.7 Å². The molecule has 5 aromatic carbocycles. The predicted octanol–water partition coefficient (Wildman–Crippen LogP) is 8.19. The summed E-state index contributed by atoms with van der Waals surface area (Å²) < 4.78 is 44.9. The van der Waals surface area contributed by atoms with Gasteiger partial charge in [0.25, 0.3) is 0 Å². The van der Waals surface area contributed by atoms with Crippen LogP contribution in [0.3, 0.4) is 0 Å². The normalized spacial score (nSPS) is 10.5. The molecule has 0 saturated carbocycles. The van der Waals surface area contributed by atoms with Gasteiger partial charge in [-0.1, -0.05) is 72.8 Å². The molecule has 0 N–H and O–H groups in total. The van der Waals surface area contributed by atoms with Gasteiger partial charge in [-0.2, -0.15) is 0 Å². The zero-order chi connectivity index (χ0) is 40.6. The molecule has 0 fully saturated rings. The van der Waals surface area contributed by atoms with Crippen molar-refractivity contribution < 1.29 is 57.1 Å². The van der Waals surface area contributed by atoms with E-state index in [2.05, 4.69) is 0 Å². The predicted molar refractivity (Wildman–Crippen MR) is 214 cm³/mol. The standard InChI is InChI=1S/C46H46O12/c47-43(55-29-13-25-51-36-17-5-1-6-18-36)35-33-40(44(48)56-30-14-26-52-37-19-7-2-8-20-37)42(46(50)58-32-16-28-54-39-23-11-4-12-24-39)41(34-35)45(49)57-31-15-27-53-38-21-9-3-10-22-38/h1-12,17-24,33-34H,13-16,25-32H2. The Hall–Kier alpha value is -6.82. The summed E-state index contributed by atoms with van der Waals surface area (Å²) in [6.07, 6.45) is 1.30. The lowest BCUT2D eigenvalue weighted by Crippen LogP contribution is -2.23. The lowest BCUT2D eigenvalue weighted by molar-refractivity contribution is 0.0416. The second-order valence-electron chi connectivity index (χ2n) is 12.6. The molecule has 5 rings (SSSR count). The van der Waals surface area contributed by atoms with E-state index in [-0.39, 0.29) is 69.5 Å². The van der Waals surface area contributed by atoms with Crippen molar-refractivity contribution in [1.29, 1.82) is 0 Å². The summed E-state index contributed by atoms with van der Waals surface area (Å²) in [7, 11) is 0. The van der Waals surface area contributed by atoms with Crippen molar-refractivity contribution in [2.75, 3.05) is 52.9 Å². The minimum atomic E-state index is -0.989. The van der Waals surface area contributed by atoms with Crippen LogP contribution < -0.4 is 18.9 Å². The van der Waals surface area contributed by atoms with Gasteiger partial charge in [-0.15, -0.1) is 0 Å². The number of carbonyl (C=O) groups is 4. The topological polar surface area (TPSA) is 142 Å². The first-order chi connectivity index (χ1) is 28.5. The molecule has 0 bridgehead atoms. The summed E-state index contributed by atoms with van der Waals surface area (Å²) in [5, 5.41) is 0. The largest absolute Gasteiger partial charge is 0.493 e. The second-order valence-corrected chi connectivity index (χ2v) is 12.6. The van der Waals surface area contributed by atoms with E-state index >= 15 is 0 Å². The molecule has 302 valence electrons. The second kappa shape index (κ2) is 24.0. The van der Waals surface area contributed by atoms with Crippen molar-refractivity contribution in [2.24, 2.45) is 0 Å². The number of carbonyl (C=O) groups excluding carboxylic acids is 4. The molecule has 0 aliphatic carbocycles. The summed E-state index contributed by atoms with van der Waals surface area (Å²) in [6.45, 7) is 0.683. The molecule has 0 spiro atoms. The van der Waals surface area contributed by atoms with Crippen molar-refractivity contribution in [3.63, 3.8) is 0 Å². The van der Waals surface area contributed by atoms with Crippen molar-refractivity contribution >= 4 is 23.9 Å². The Balaban J connectivity index is 1.31. The number of hydrogen-bond acceptors (Lipinski definition) is 12. The number of para-hydroxylation sites is 4. The van der Waals surface area contributed by atoms with E-state index in [1.54, 1.807) is 36.4 Å². The molecule has 0 aromatic heterocycles. The molecule has 0 radical (unpaired) electrons. The minimum absolute atomic E-state index is 0.0249. The first-order valence-electron chi connectivity index (χ1n) is 19.1. The van der Waals surface area contributed by atoms with Gasteiger partial charge >= 0.3 is 23.9 Å². The van der Waals surface area contributed by atoms with Gasteiger partial charge in [0.15, 0.2) is 0 Å². The Morgan fingerprint density at radius 1 is 0.328 bits per heavy atom. The number of ether oxygens (including phenoxy) is 8. The first-order valence-corrected chi connectivity index (χ1v) is 19.1. The van der Waals surface area contributed by atoms with E-state index in [1.165, 1.54) is 0 Å². The molecule has 0 atom stereocenters. The van der Waals surface area contributed by atoms with Gasteiger partial charge in [0.05, 0.1) is 75.1 Å². The molecule has 0 aliphatic heterocycles. The van der Waals surface area contributed by atoms with Crippen LogP contribution in [-0.2, 0) is 18.9 Å². The fraction of sp³-hybridized carbons (Fsp3) is 0.261. The SMILES string of the molecule is O=C(OCCCOc1ccccc1)c1cc(C(=O)OCCCOc2ccccc2)c(C(=O)OCCCOc2ccccc2)c(C(=O)OCCCOc2ccccc2)c1. The van der Waals surface area contributed by atoms with Crippen LogP contribution in [0, 0.1) is 0 Å². The third kappa shape index (κ3) is 14.4. The van der Waals surface area contributed by atoms with Crippen LogP contribution in [0.4, 0.5) is 0 Å². The van der Waals surface area contributed by atoms with Crippen molar-refractivity contribution in [3.8, 4) is 23.0 Å². The molecule has 12 heteroatoms. The van der Waals surface area contributed by atoms with Crippen LogP contribution in [0.1, 0.15) is 67.1 Å². The number of hydrogen-bond donors (Lipinski definition) is 0. The van der Waals surface area contributed by atoms with Crippen LogP contribution in [-0.4, -0.2) is 76.7 Å². The number of rotatable bonds is 24. The highest BCUT2D eigenvalue weighted by atomic mass is 16.6. The van der Waals surface area contributed by atoms with Gasteiger partial charge in [-0.25, -0.2) is 19.2 Å². The number of benzene rings is 5. The van der Waals surface area contributed by atoms with Crippen LogP contribution in [0.15, 0.2) is 133 Å². The molecule has 58 heavy (non-hydrogen) atoms. The maximum atomic E-state index is 13.8. The van der Waals surface area contributed by atoms with Gasteiger partial charge in [0, 0.05) is 25.7 Å². The van der Waals surface area contributed by atoms with Crippen LogP contribution in [0.25, 0.3) is 0 Å². The molecular formula is C46H46O12. The van der Waals surface area contributed by atoms with Crippen molar-refractivity contribution in [3.05, 3.63) is 156 Å². The Morgan fingerprint density at radius 2 is 0.603 bits per heavy atom. The first kappa shape index (κ1) is 42.3. The van der Waals surface area contributed by atoms with Gasteiger partial charge in [-0.3, -0.25) is 0 Å². The molecule has 0 heterocycles. The van der Waals surface area contributed by atoms with Crippen molar-refractivity contribution in [1.82, 2.24) is 0 Å². The Labute approximate surface area is 337 Å². The zero-order valence-corrected chi connectivity index (χ0v) is 32.1. The molecule has 0 unspecified atom stereocenters. The number of esters is 4. The van der Waals surface area contributed by atoms with Gasteiger partial charge < -0.3 is 37.9 Å². The van der Waals surface area contributed by atoms with E-state index in [1.807, 2.05) is 84.9 Å². The average molecular weight is 791 g/mol. The molecule has 0 saturated heterocycles. The van der Waals surface area contributed by atoms with E-state index < -0.39 is 29.4 Å².